The third-order valence-electron chi connectivity index (χ3n) is 2.51. The van der Waals surface area contributed by atoms with E-state index in [9.17, 15) is 4.79 Å². The predicted molar refractivity (Wildman–Crippen MR) is 66.1 cm³/mol. The Morgan fingerprint density at radius 2 is 1.81 bits per heavy atom. The van der Waals surface area contributed by atoms with E-state index in [1.807, 2.05) is 31.2 Å². The maximum Gasteiger partial charge on any atom is 0.271 e. The van der Waals surface area contributed by atoms with Crippen LogP contribution in [-0.2, 0) is 0 Å². The van der Waals surface area contributed by atoms with Crippen LogP contribution in [0.25, 0.3) is 11.3 Å². The van der Waals surface area contributed by atoms with Crippen molar-refractivity contribution >= 4 is 11.4 Å². The number of anilines is 2. The Balaban J connectivity index is 2.70. The van der Waals surface area contributed by atoms with E-state index in [2.05, 4.69) is 4.98 Å². The molecule has 0 spiro atoms. The molecule has 5 N–H and O–H groups in total. The van der Waals surface area contributed by atoms with Crippen molar-refractivity contribution < 1.29 is 0 Å². The average Bonchev–Trinajstić information content (AvgIpc) is 2.25. The second kappa shape index (κ2) is 3.73. The summed E-state index contributed by atoms with van der Waals surface area (Å²) >= 11 is 0. The second-order valence-electron chi connectivity index (χ2n) is 3.70. The zero-order valence-electron chi connectivity index (χ0n) is 8.95. The molecule has 0 aliphatic rings. The van der Waals surface area contributed by atoms with Gasteiger partial charge in [0.15, 0.2) is 0 Å². The van der Waals surface area contributed by atoms with Gasteiger partial charge in [0.1, 0.15) is 0 Å². The first-order valence-corrected chi connectivity index (χ1v) is 4.94. The number of aromatic amines is 1. The minimum atomic E-state index is -0.313. The number of benzene rings is 1. The van der Waals surface area contributed by atoms with Crippen molar-refractivity contribution in [2.75, 3.05) is 11.5 Å². The fourth-order valence-electron chi connectivity index (χ4n) is 1.64. The Morgan fingerprint density at radius 1 is 1.12 bits per heavy atom. The lowest BCUT2D eigenvalue weighted by Gasteiger charge is -2.08. The summed E-state index contributed by atoms with van der Waals surface area (Å²) in [5, 5.41) is 0. The Bertz CT molecular complexity index is 587. The molecule has 0 amide bonds. The van der Waals surface area contributed by atoms with Gasteiger partial charge >= 0.3 is 0 Å². The molecule has 4 nitrogen and oxygen atoms in total. The van der Waals surface area contributed by atoms with Crippen molar-refractivity contribution in [3.63, 3.8) is 0 Å². The van der Waals surface area contributed by atoms with Crippen LogP contribution in [0.3, 0.4) is 0 Å². The SMILES string of the molecule is Cc1ccccc1-c1[nH]c(=O)c(N)cc1N. The number of aryl methyl sites for hydroxylation is 1. The minimum Gasteiger partial charge on any atom is -0.397 e. The molecule has 1 aromatic carbocycles. The Labute approximate surface area is 92.9 Å². The largest absolute Gasteiger partial charge is 0.397 e. The molecule has 0 saturated heterocycles. The van der Waals surface area contributed by atoms with E-state index in [4.69, 9.17) is 11.5 Å². The lowest BCUT2D eigenvalue weighted by atomic mass is 10.0. The summed E-state index contributed by atoms with van der Waals surface area (Å²) in [4.78, 5) is 14.1. The van der Waals surface area contributed by atoms with Crippen molar-refractivity contribution in [2.24, 2.45) is 0 Å². The maximum atomic E-state index is 11.4. The lowest BCUT2D eigenvalue weighted by molar-refractivity contribution is 1.24. The Morgan fingerprint density at radius 3 is 2.50 bits per heavy atom. The van der Waals surface area contributed by atoms with Crippen molar-refractivity contribution in [2.45, 2.75) is 6.92 Å². The van der Waals surface area contributed by atoms with Crippen LogP contribution in [0.4, 0.5) is 11.4 Å². The van der Waals surface area contributed by atoms with Crippen LogP contribution in [-0.4, -0.2) is 4.98 Å². The Hall–Kier alpha value is -2.23. The van der Waals surface area contributed by atoms with Gasteiger partial charge in [-0.2, -0.15) is 0 Å². The molecular weight excluding hydrogens is 202 g/mol. The van der Waals surface area contributed by atoms with Gasteiger partial charge in [0, 0.05) is 5.56 Å². The molecule has 16 heavy (non-hydrogen) atoms. The first kappa shape index (κ1) is 10.3. The van der Waals surface area contributed by atoms with Crippen molar-refractivity contribution in [3.8, 4) is 11.3 Å². The average molecular weight is 215 g/mol. The molecule has 0 aliphatic carbocycles. The van der Waals surface area contributed by atoms with Gasteiger partial charge in [-0.25, -0.2) is 0 Å². The highest BCUT2D eigenvalue weighted by molar-refractivity contribution is 5.76. The molecule has 1 heterocycles. The fourth-order valence-corrected chi connectivity index (χ4v) is 1.64. The standard InChI is InChI=1S/C12H13N3O/c1-7-4-2-3-5-8(7)11-9(13)6-10(14)12(16)15-11/h2-6H,13-14H2,1H3,(H,15,16). The zero-order valence-corrected chi connectivity index (χ0v) is 8.95. The summed E-state index contributed by atoms with van der Waals surface area (Å²) in [6.45, 7) is 1.96. The van der Waals surface area contributed by atoms with Crippen LogP contribution >= 0.6 is 0 Å². The normalized spacial score (nSPS) is 10.3. The van der Waals surface area contributed by atoms with E-state index in [0.29, 0.717) is 11.4 Å². The molecule has 0 bridgehead atoms. The number of nitrogen functional groups attached to an aromatic ring is 2. The molecule has 82 valence electrons. The lowest BCUT2D eigenvalue weighted by Crippen LogP contribution is -2.14. The summed E-state index contributed by atoms with van der Waals surface area (Å²) in [6, 6.07) is 9.19. The highest BCUT2D eigenvalue weighted by atomic mass is 16.1. The van der Waals surface area contributed by atoms with Crippen LogP contribution in [0.1, 0.15) is 5.56 Å². The van der Waals surface area contributed by atoms with E-state index in [-0.39, 0.29) is 11.2 Å². The number of H-pyrrole nitrogens is 1. The summed E-state index contributed by atoms with van der Waals surface area (Å²) in [5.74, 6) is 0. The number of aromatic nitrogens is 1. The van der Waals surface area contributed by atoms with Crippen molar-refractivity contribution in [3.05, 3.63) is 46.2 Å². The Kier molecular flexibility index (Phi) is 2.40. The van der Waals surface area contributed by atoms with Crippen LogP contribution in [0.15, 0.2) is 35.1 Å². The number of nitrogens with one attached hydrogen (secondary N) is 1. The van der Waals surface area contributed by atoms with Crippen LogP contribution in [0.5, 0.6) is 0 Å². The molecular formula is C12H13N3O. The molecule has 0 atom stereocenters. The van der Waals surface area contributed by atoms with E-state index in [0.717, 1.165) is 11.1 Å². The molecule has 0 radical (unpaired) electrons. The van der Waals surface area contributed by atoms with Gasteiger partial charge in [-0.3, -0.25) is 4.79 Å². The van der Waals surface area contributed by atoms with E-state index in [1.165, 1.54) is 6.07 Å². The zero-order chi connectivity index (χ0) is 11.7. The van der Waals surface area contributed by atoms with Gasteiger partial charge in [0.2, 0.25) is 0 Å². The number of rotatable bonds is 1. The summed E-state index contributed by atoms with van der Waals surface area (Å²) < 4.78 is 0. The van der Waals surface area contributed by atoms with E-state index < -0.39 is 0 Å². The van der Waals surface area contributed by atoms with Crippen LogP contribution in [0, 0.1) is 6.92 Å². The monoisotopic (exact) mass is 215 g/mol. The summed E-state index contributed by atoms with van der Waals surface area (Å²) in [6.07, 6.45) is 0. The second-order valence-corrected chi connectivity index (χ2v) is 3.70. The van der Waals surface area contributed by atoms with Gasteiger partial charge < -0.3 is 16.5 Å². The molecule has 0 saturated carbocycles. The first-order valence-electron chi connectivity index (χ1n) is 4.94. The van der Waals surface area contributed by atoms with Gasteiger partial charge in [0.05, 0.1) is 17.1 Å². The molecule has 1 aromatic heterocycles. The molecule has 0 unspecified atom stereocenters. The van der Waals surface area contributed by atoms with Crippen LogP contribution in [0.2, 0.25) is 0 Å². The number of hydrogen-bond acceptors (Lipinski definition) is 3. The van der Waals surface area contributed by atoms with Gasteiger partial charge in [-0.15, -0.1) is 0 Å². The maximum absolute atomic E-state index is 11.4. The number of hydrogen-bond donors (Lipinski definition) is 3. The van der Waals surface area contributed by atoms with E-state index in [1.54, 1.807) is 0 Å². The van der Waals surface area contributed by atoms with Gasteiger partial charge in [-0.1, -0.05) is 24.3 Å². The highest BCUT2D eigenvalue weighted by Gasteiger charge is 2.07. The van der Waals surface area contributed by atoms with Gasteiger partial charge in [0.25, 0.3) is 5.56 Å². The fraction of sp³-hybridized carbons (Fsp3) is 0.0833. The quantitative estimate of drug-likeness (QED) is 0.674. The van der Waals surface area contributed by atoms with Crippen LogP contribution < -0.4 is 17.0 Å². The predicted octanol–water partition coefficient (Wildman–Crippen LogP) is 1.51. The molecule has 2 rings (SSSR count). The minimum absolute atomic E-state index is 0.134. The first-order chi connectivity index (χ1) is 7.59. The smallest absolute Gasteiger partial charge is 0.271 e. The van der Waals surface area contributed by atoms with E-state index >= 15 is 0 Å². The molecule has 4 heteroatoms. The molecule has 0 fully saturated rings. The topological polar surface area (TPSA) is 84.9 Å². The van der Waals surface area contributed by atoms with Gasteiger partial charge in [-0.05, 0) is 18.6 Å². The number of nitrogens with two attached hydrogens (primary N) is 2. The third-order valence-corrected chi connectivity index (χ3v) is 2.51. The van der Waals surface area contributed by atoms with Crippen molar-refractivity contribution in [1.29, 1.82) is 0 Å². The van der Waals surface area contributed by atoms with Crippen molar-refractivity contribution in [1.82, 2.24) is 4.98 Å². The summed E-state index contributed by atoms with van der Waals surface area (Å²) in [5.41, 5.74) is 14.2. The molecule has 2 aromatic rings. The highest BCUT2D eigenvalue weighted by Crippen LogP contribution is 2.25. The summed E-state index contributed by atoms with van der Waals surface area (Å²) in [7, 11) is 0. The third kappa shape index (κ3) is 1.65. The number of pyridine rings is 1. The molecule has 0 aliphatic heterocycles.